The predicted molar refractivity (Wildman–Crippen MR) is 129 cm³/mol. The maximum atomic E-state index is 10.7. The second-order valence-electron chi connectivity index (χ2n) is 10.7. The van der Waals surface area contributed by atoms with Crippen LogP contribution in [0.2, 0.25) is 0 Å². The largest absolute Gasteiger partial charge is 0.393 e. The molecule has 2 fully saturated rings. The first-order valence-electron chi connectivity index (χ1n) is 12.5. The van der Waals surface area contributed by atoms with Crippen LogP contribution in [0, 0.1) is 17.3 Å². The van der Waals surface area contributed by atoms with Crippen LogP contribution < -0.4 is 0 Å². The molecular formula is C28H44O3. The second kappa shape index (κ2) is 9.77. The van der Waals surface area contributed by atoms with Gasteiger partial charge in [-0.05, 0) is 86.2 Å². The van der Waals surface area contributed by atoms with Gasteiger partial charge in [0.2, 0.25) is 0 Å². The lowest BCUT2D eigenvalue weighted by molar-refractivity contribution is 0.0184. The van der Waals surface area contributed by atoms with Gasteiger partial charge in [-0.3, -0.25) is 0 Å². The fraction of sp³-hybridized carbons (Fsp3) is 0.714. The molecule has 0 unspecified atom stereocenters. The summed E-state index contributed by atoms with van der Waals surface area (Å²) in [6, 6.07) is 0. The minimum absolute atomic E-state index is 0.209. The molecule has 0 aromatic heterocycles. The summed E-state index contributed by atoms with van der Waals surface area (Å²) in [5.41, 5.74) is 4.54. The van der Waals surface area contributed by atoms with Crippen LogP contribution in [-0.2, 0) is 0 Å². The Balaban J connectivity index is 1.73. The van der Waals surface area contributed by atoms with Crippen LogP contribution in [0.15, 0.2) is 47.1 Å². The highest BCUT2D eigenvalue weighted by Gasteiger charge is 2.46. The standard InChI is InChI=1S/C28H44O3/c1-6-28(31,7-2)16-14-19(3)24-12-13-25-21(9-8-15-27(24,25)5)10-11-22-17-23(29)18-26(30)20(22)4/h10-12,19,23,25-26,29-31H,4,6-9,13-18H2,1-3,5H3/b21-10+,22-11-/t19-,23+,25-,26-,27+/m0/s1. The van der Waals surface area contributed by atoms with E-state index in [0.717, 1.165) is 49.7 Å². The Labute approximate surface area is 189 Å². The highest BCUT2D eigenvalue weighted by molar-refractivity contribution is 5.40. The van der Waals surface area contributed by atoms with Crippen molar-refractivity contribution in [1.29, 1.82) is 0 Å². The summed E-state index contributed by atoms with van der Waals surface area (Å²) in [5, 5.41) is 30.9. The molecule has 0 aromatic rings. The van der Waals surface area contributed by atoms with E-state index in [2.05, 4.69) is 52.5 Å². The zero-order valence-electron chi connectivity index (χ0n) is 20.2. The summed E-state index contributed by atoms with van der Waals surface area (Å²) >= 11 is 0. The van der Waals surface area contributed by atoms with Crippen LogP contribution in [0.25, 0.3) is 0 Å². The lowest BCUT2D eigenvalue weighted by Gasteiger charge is -2.43. The Morgan fingerprint density at radius 1 is 1.26 bits per heavy atom. The van der Waals surface area contributed by atoms with Gasteiger partial charge in [-0.25, -0.2) is 0 Å². The predicted octanol–water partition coefficient (Wildman–Crippen LogP) is 6.01. The van der Waals surface area contributed by atoms with Crippen molar-refractivity contribution in [3.63, 3.8) is 0 Å². The molecular weight excluding hydrogens is 384 g/mol. The molecule has 0 aromatic carbocycles. The molecule has 0 aliphatic heterocycles. The van der Waals surface area contributed by atoms with Gasteiger partial charge in [0.15, 0.2) is 0 Å². The molecule has 3 aliphatic carbocycles. The van der Waals surface area contributed by atoms with Gasteiger partial charge in [0.05, 0.1) is 17.8 Å². The van der Waals surface area contributed by atoms with Crippen LogP contribution >= 0.6 is 0 Å². The van der Waals surface area contributed by atoms with Crippen LogP contribution in [-0.4, -0.2) is 33.1 Å². The minimum atomic E-state index is -0.629. The van der Waals surface area contributed by atoms with E-state index in [1.807, 2.05) is 0 Å². The first kappa shape index (κ1) is 24.5. The van der Waals surface area contributed by atoms with Gasteiger partial charge in [-0.15, -0.1) is 0 Å². The topological polar surface area (TPSA) is 60.7 Å². The quantitative estimate of drug-likeness (QED) is 0.435. The SMILES string of the molecule is C=C1/C(=C\C=C2/CCC[C@]3(C)C([C@@H](C)CCC(O)(CC)CC)=CC[C@@H]23)C[C@@H](O)C[C@@H]1O. The van der Waals surface area contributed by atoms with Crippen molar-refractivity contribution in [2.45, 2.75) is 110 Å². The summed E-state index contributed by atoms with van der Waals surface area (Å²) < 4.78 is 0. The third-order valence-electron chi connectivity index (χ3n) is 8.77. The maximum absolute atomic E-state index is 10.7. The fourth-order valence-corrected chi connectivity index (χ4v) is 6.33. The number of rotatable bonds is 7. The van der Waals surface area contributed by atoms with Gasteiger partial charge in [-0.1, -0.05) is 63.6 Å². The molecule has 0 radical (unpaired) electrons. The van der Waals surface area contributed by atoms with Gasteiger partial charge < -0.3 is 15.3 Å². The number of fused-ring (bicyclic) bond motifs is 1. The van der Waals surface area contributed by atoms with Crippen molar-refractivity contribution in [3.05, 3.63) is 47.1 Å². The van der Waals surface area contributed by atoms with Gasteiger partial charge in [-0.2, -0.15) is 0 Å². The molecule has 3 rings (SSSR count). The van der Waals surface area contributed by atoms with E-state index in [9.17, 15) is 15.3 Å². The first-order valence-corrected chi connectivity index (χ1v) is 12.5. The lowest BCUT2D eigenvalue weighted by Crippen LogP contribution is -2.33. The number of allylic oxidation sites excluding steroid dienone is 5. The van der Waals surface area contributed by atoms with Crippen molar-refractivity contribution in [2.24, 2.45) is 17.3 Å². The molecule has 0 spiro atoms. The van der Waals surface area contributed by atoms with Crippen molar-refractivity contribution in [1.82, 2.24) is 0 Å². The Bertz CT molecular complexity index is 754. The summed E-state index contributed by atoms with van der Waals surface area (Å²) in [6.07, 6.45) is 15.0. The van der Waals surface area contributed by atoms with Crippen molar-refractivity contribution >= 4 is 0 Å². The highest BCUT2D eigenvalue weighted by Crippen LogP contribution is 2.57. The zero-order valence-corrected chi connectivity index (χ0v) is 20.2. The monoisotopic (exact) mass is 428 g/mol. The van der Waals surface area contributed by atoms with Crippen LogP contribution in [0.5, 0.6) is 0 Å². The molecule has 5 atom stereocenters. The fourth-order valence-electron chi connectivity index (χ4n) is 6.33. The lowest BCUT2D eigenvalue weighted by atomic mass is 9.62. The number of hydrogen-bond donors (Lipinski definition) is 3. The van der Waals surface area contributed by atoms with E-state index in [-0.39, 0.29) is 5.41 Å². The Kier molecular flexibility index (Phi) is 7.71. The minimum Gasteiger partial charge on any atom is -0.393 e. The average molecular weight is 429 g/mol. The molecule has 3 N–H and O–H groups in total. The number of aliphatic hydroxyl groups excluding tert-OH is 2. The molecule has 0 bridgehead atoms. The summed E-state index contributed by atoms with van der Waals surface area (Å²) in [4.78, 5) is 0. The summed E-state index contributed by atoms with van der Waals surface area (Å²) in [7, 11) is 0. The Hall–Kier alpha value is -1.16. The zero-order chi connectivity index (χ0) is 22.8. The highest BCUT2D eigenvalue weighted by atomic mass is 16.3. The van der Waals surface area contributed by atoms with Crippen molar-refractivity contribution in [2.75, 3.05) is 0 Å². The van der Waals surface area contributed by atoms with E-state index < -0.39 is 17.8 Å². The van der Waals surface area contributed by atoms with E-state index in [4.69, 9.17) is 0 Å². The molecule has 0 saturated heterocycles. The van der Waals surface area contributed by atoms with Crippen LogP contribution in [0.1, 0.15) is 91.9 Å². The third kappa shape index (κ3) is 5.10. The summed E-state index contributed by atoms with van der Waals surface area (Å²) in [6.45, 7) is 13.0. The Morgan fingerprint density at radius 2 is 1.97 bits per heavy atom. The smallest absolute Gasteiger partial charge is 0.0811 e. The van der Waals surface area contributed by atoms with Gasteiger partial charge in [0, 0.05) is 6.42 Å². The van der Waals surface area contributed by atoms with Crippen molar-refractivity contribution in [3.8, 4) is 0 Å². The molecule has 0 amide bonds. The number of aliphatic hydroxyl groups is 3. The normalized spacial score (nSPS) is 35.4. The summed E-state index contributed by atoms with van der Waals surface area (Å²) in [5.74, 6) is 1.04. The molecule has 3 heteroatoms. The molecule has 0 heterocycles. The molecule has 31 heavy (non-hydrogen) atoms. The molecule has 174 valence electrons. The van der Waals surface area contributed by atoms with Crippen LogP contribution in [0.3, 0.4) is 0 Å². The van der Waals surface area contributed by atoms with Crippen LogP contribution in [0.4, 0.5) is 0 Å². The third-order valence-corrected chi connectivity index (χ3v) is 8.77. The van der Waals surface area contributed by atoms with E-state index in [0.29, 0.717) is 24.7 Å². The van der Waals surface area contributed by atoms with Gasteiger partial charge in [0.25, 0.3) is 0 Å². The maximum Gasteiger partial charge on any atom is 0.0811 e. The van der Waals surface area contributed by atoms with Gasteiger partial charge in [0.1, 0.15) is 0 Å². The number of hydrogen-bond acceptors (Lipinski definition) is 3. The molecule has 3 nitrogen and oxygen atoms in total. The van der Waals surface area contributed by atoms with E-state index >= 15 is 0 Å². The van der Waals surface area contributed by atoms with E-state index in [1.165, 1.54) is 18.4 Å². The van der Waals surface area contributed by atoms with E-state index in [1.54, 1.807) is 5.57 Å². The average Bonchev–Trinajstić information content (AvgIpc) is 3.10. The Morgan fingerprint density at radius 3 is 2.65 bits per heavy atom. The second-order valence-corrected chi connectivity index (χ2v) is 10.7. The van der Waals surface area contributed by atoms with Gasteiger partial charge >= 0.3 is 0 Å². The first-order chi connectivity index (χ1) is 14.6. The molecule has 2 saturated carbocycles. The van der Waals surface area contributed by atoms with Crippen molar-refractivity contribution < 1.29 is 15.3 Å². The molecule has 3 aliphatic rings.